The van der Waals surface area contributed by atoms with Gasteiger partial charge in [-0.3, -0.25) is 19.7 Å². The molecule has 1 aliphatic rings. The van der Waals surface area contributed by atoms with E-state index in [0.717, 1.165) is 18.8 Å². The van der Waals surface area contributed by atoms with Crippen LogP contribution in [0.1, 0.15) is 16.8 Å². The Morgan fingerprint density at radius 2 is 1.61 bits per heavy atom. The highest BCUT2D eigenvalue weighted by Crippen LogP contribution is 2.16. The summed E-state index contributed by atoms with van der Waals surface area (Å²) >= 11 is 0. The molecule has 8 heteroatoms. The summed E-state index contributed by atoms with van der Waals surface area (Å²) in [4.78, 5) is 38.6. The van der Waals surface area contributed by atoms with E-state index in [2.05, 4.69) is 22.3 Å². The van der Waals surface area contributed by atoms with Crippen LogP contribution in [-0.2, 0) is 4.79 Å². The predicted molar refractivity (Wildman–Crippen MR) is 105 cm³/mol. The fraction of sp³-hybridized carbons (Fsp3) is 0.300. The second-order valence-electron chi connectivity index (χ2n) is 6.51. The molecule has 0 bridgehead atoms. The van der Waals surface area contributed by atoms with Crippen LogP contribution in [0, 0.1) is 10.1 Å². The van der Waals surface area contributed by atoms with Crippen molar-refractivity contribution < 1.29 is 14.5 Å². The number of para-hydroxylation sites is 1. The molecule has 1 saturated heterocycles. The summed E-state index contributed by atoms with van der Waals surface area (Å²) in [5.41, 5.74) is 1.42. The van der Waals surface area contributed by atoms with Gasteiger partial charge in [0.2, 0.25) is 5.91 Å². The van der Waals surface area contributed by atoms with Gasteiger partial charge in [0.05, 0.1) is 4.92 Å². The third-order valence-corrected chi connectivity index (χ3v) is 4.72. The van der Waals surface area contributed by atoms with Crippen molar-refractivity contribution in [2.45, 2.75) is 6.42 Å². The summed E-state index contributed by atoms with van der Waals surface area (Å²) < 4.78 is 0. The highest BCUT2D eigenvalue weighted by Gasteiger charge is 2.21. The Bertz CT molecular complexity index is 831. The Labute approximate surface area is 162 Å². The number of nitro groups is 1. The SMILES string of the molecule is O=C(NCCC(=O)N1CCN(c2ccccc2)CC1)c1ccc([N+](=O)[O-])cc1. The molecule has 0 saturated carbocycles. The average Bonchev–Trinajstić information content (AvgIpc) is 2.74. The number of rotatable bonds is 6. The number of benzene rings is 2. The van der Waals surface area contributed by atoms with Crippen molar-refractivity contribution in [3.05, 3.63) is 70.3 Å². The second kappa shape index (κ2) is 8.98. The van der Waals surface area contributed by atoms with Gasteiger partial charge in [-0.2, -0.15) is 0 Å². The van der Waals surface area contributed by atoms with Crippen LogP contribution in [0.3, 0.4) is 0 Å². The molecule has 1 aliphatic heterocycles. The minimum Gasteiger partial charge on any atom is -0.368 e. The van der Waals surface area contributed by atoms with Gasteiger partial charge in [0.25, 0.3) is 11.6 Å². The number of piperazine rings is 1. The monoisotopic (exact) mass is 382 g/mol. The van der Waals surface area contributed by atoms with Crippen molar-refractivity contribution in [3.8, 4) is 0 Å². The molecule has 2 aromatic carbocycles. The molecule has 1 heterocycles. The molecule has 0 aliphatic carbocycles. The van der Waals surface area contributed by atoms with Gasteiger partial charge in [-0.1, -0.05) is 18.2 Å². The number of non-ortho nitro benzene ring substituents is 1. The molecule has 2 aromatic rings. The number of nitro benzene ring substituents is 1. The number of anilines is 1. The van der Waals surface area contributed by atoms with E-state index in [1.165, 1.54) is 24.3 Å². The molecule has 0 atom stereocenters. The summed E-state index contributed by atoms with van der Waals surface area (Å²) in [5, 5.41) is 13.3. The summed E-state index contributed by atoms with van der Waals surface area (Å²) in [6, 6.07) is 15.5. The Kier molecular flexibility index (Phi) is 6.21. The molecule has 0 radical (unpaired) electrons. The molecule has 8 nitrogen and oxygen atoms in total. The van der Waals surface area contributed by atoms with Crippen molar-refractivity contribution >= 4 is 23.2 Å². The first-order valence-corrected chi connectivity index (χ1v) is 9.15. The zero-order valence-corrected chi connectivity index (χ0v) is 15.4. The van der Waals surface area contributed by atoms with Gasteiger partial charge in [-0.25, -0.2) is 0 Å². The first-order chi connectivity index (χ1) is 13.5. The molecule has 3 rings (SSSR count). The first-order valence-electron chi connectivity index (χ1n) is 9.15. The number of hydrogen-bond acceptors (Lipinski definition) is 5. The fourth-order valence-corrected chi connectivity index (χ4v) is 3.13. The summed E-state index contributed by atoms with van der Waals surface area (Å²) in [6.45, 7) is 3.11. The smallest absolute Gasteiger partial charge is 0.269 e. The summed E-state index contributed by atoms with van der Waals surface area (Å²) in [6.07, 6.45) is 0.226. The molecule has 0 aromatic heterocycles. The lowest BCUT2D eigenvalue weighted by Gasteiger charge is -2.36. The average molecular weight is 382 g/mol. The molecular weight excluding hydrogens is 360 g/mol. The van der Waals surface area contributed by atoms with Crippen LogP contribution >= 0.6 is 0 Å². The Morgan fingerprint density at radius 1 is 0.964 bits per heavy atom. The van der Waals surface area contributed by atoms with E-state index < -0.39 is 4.92 Å². The lowest BCUT2D eigenvalue weighted by molar-refractivity contribution is -0.384. The molecule has 28 heavy (non-hydrogen) atoms. The van der Waals surface area contributed by atoms with E-state index in [9.17, 15) is 19.7 Å². The lowest BCUT2D eigenvalue weighted by atomic mass is 10.2. The van der Waals surface area contributed by atoms with Gasteiger partial charge in [-0.15, -0.1) is 0 Å². The summed E-state index contributed by atoms with van der Waals surface area (Å²) in [5.74, 6) is -0.340. The number of carbonyl (C=O) groups is 2. The maximum absolute atomic E-state index is 12.4. The molecule has 1 N–H and O–H groups in total. The van der Waals surface area contributed by atoms with E-state index >= 15 is 0 Å². The van der Waals surface area contributed by atoms with E-state index in [1.54, 1.807) is 0 Å². The Morgan fingerprint density at radius 3 is 2.21 bits per heavy atom. The largest absolute Gasteiger partial charge is 0.368 e. The number of carbonyl (C=O) groups excluding carboxylic acids is 2. The molecule has 146 valence electrons. The number of amides is 2. The van der Waals surface area contributed by atoms with Crippen molar-refractivity contribution in [2.75, 3.05) is 37.6 Å². The molecule has 2 amide bonds. The molecule has 0 spiro atoms. The molecular formula is C20H22N4O4. The molecule has 1 fully saturated rings. The number of hydrogen-bond donors (Lipinski definition) is 1. The quantitative estimate of drug-likeness (QED) is 0.609. The maximum atomic E-state index is 12.4. The number of nitrogens with one attached hydrogen (secondary N) is 1. The van der Waals surface area contributed by atoms with Gasteiger partial charge < -0.3 is 15.1 Å². The van der Waals surface area contributed by atoms with Crippen molar-refractivity contribution in [1.29, 1.82) is 0 Å². The highest BCUT2D eigenvalue weighted by molar-refractivity contribution is 5.94. The normalized spacial score (nSPS) is 13.9. The second-order valence-corrected chi connectivity index (χ2v) is 6.51. The van der Waals surface area contributed by atoms with Gasteiger partial charge in [0.1, 0.15) is 0 Å². The van der Waals surface area contributed by atoms with Crippen molar-refractivity contribution in [3.63, 3.8) is 0 Å². The van der Waals surface area contributed by atoms with E-state index in [1.807, 2.05) is 23.1 Å². The number of nitrogens with zero attached hydrogens (tertiary/aromatic N) is 3. The predicted octanol–water partition coefficient (Wildman–Crippen LogP) is 2.06. The topological polar surface area (TPSA) is 95.8 Å². The van der Waals surface area contributed by atoms with Gasteiger partial charge in [-0.05, 0) is 24.3 Å². The van der Waals surface area contributed by atoms with Crippen LogP contribution in [0.2, 0.25) is 0 Å². The van der Waals surface area contributed by atoms with Crippen LogP contribution in [0.15, 0.2) is 54.6 Å². The zero-order chi connectivity index (χ0) is 19.9. The van der Waals surface area contributed by atoms with Gasteiger partial charge in [0, 0.05) is 62.5 Å². The highest BCUT2D eigenvalue weighted by atomic mass is 16.6. The van der Waals surface area contributed by atoms with E-state index in [4.69, 9.17) is 0 Å². The minimum absolute atomic E-state index is 0.0108. The third kappa shape index (κ3) is 4.85. The maximum Gasteiger partial charge on any atom is 0.269 e. The van der Waals surface area contributed by atoms with Crippen LogP contribution in [0.5, 0.6) is 0 Å². The third-order valence-electron chi connectivity index (χ3n) is 4.72. The van der Waals surface area contributed by atoms with E-state index in [-0.39, 0.29) is 30.5 Å². The minimum atomic E-state index is -0.516. The van der Waals surface area contributed by atoms with Crippen LogP contribution in [0.4, 0.5) is 11.4 Å². The fourth-order valence-electron chi connectivity index (χ4n) is 3.13. The van der Waals surface area contributed by atoms with Crippen LogP contribution in [0.25, 0.3) is 0 Å². The molecule has 0 unspecified atom stereocenters. The van der Waals surface area contributed by atoms with Crippen LogP contribution in [-0.4, -0.2) is 54.4 Å². The zero-order valence-electron chi connectivity index (χ0n) is 15.4. The van der Waals surface area contributed by atoms with Gasteiger partial charge in [0.15, 0.2) is 0 Å². The van der Waals surface area contributed by atoms with Crippen molar-refractivity contribution in [2.24, 2.45) is 0 Å². The van der Waals surface area contributed by atoms with Gasteiger partial charge >= 0.3 is 0 Å². The first kappa shape index (κ1) is 19.3. The summed E-state index contributed by atoms with van der Waals surface area (Å²) in [7, 11) is 0. The van der Waals surface area contributed by atoms with E-state index in [0.29, 0.717) is 18.7 Å². The Hall–Kier alpha value is -3.42. The van der Waals surface area contributed by atoms with Crippen molar-refractivity contribution in [1.82, 2.24) is 10.2 Å². The van der Waals surface area contributed by atoms with Crippen LogP contribution < -0.4 is 10.2 Å². The lowest BCUT2D eigenvalue weighted by Crippen LogP contribution is -2.49. The standard InChI is InChI=1S/C20H22N4O4/c25-19(23-14-12-22(13-15-23)17-4-2-1-3-5-17)10-11-21-20(26)16-6-8-18(9-7-16)24(27)28/h1-9H,10-15H2,(H,21,26). The Balaban J connectivity index is 1.41.